The summed E-state index contributed by atoms with van der Waals surface area (Å²) < 4.78 is 10.9. The molecule has 0 aromatic heterocycles. The number of halogens is 2. The van der Waals surface area contributed by atoms with Gasteiger partial charge >= 0.3 is 12.2 Å². The number of carbonyl (C=O) groups is 4. The first-order chi connectivity index (χ1) is 38.8. The molecule has 0 saturated heterocycles. The van der Waals surface area contributed by atoms with Gasteiger partial charge in [0, 0.05) is 112 Å². The molecule has 8 rings (SSSR count). The maximum atomic E-state index is 13.4. The summed E-state index contributed by atoms with van der Waals surface area (Å²) in [5, 5.41) is 57.4. The van der Waals surface area contributed by atoms with E-state index in [9.17, 15) is 54.7 Å². The minimum Gasteiger partial charge on any atom is -0.444 e. The Morgan fingerprint density at radius 2 is 1.05 bits per heavy atom. The van der Waals surface area contributed by atoms with Gasteiger partial charge in [-0.05, 0) is 88.6 Å². The second-order valence-electron chi connectivity index (χ2n) is 20.3. The topological polar surface area (TPSA) is 271 Å². The van der Waals surface area contributed by atoms with E-state index in [1.807, 2.05) is 69.3 Å². The third kappa shape index (κ3) is 18.7. The zero-order valence-electron chi connectivity index (χ0n) is 46.2. The van der Waals surface area contributed by atoms with Gasteiger partial charge in [0.2, 0.25) is 0 Å². The lowest BCUT2D eigenvalue weighted by Gasteiger charge is -2.32. The van der Waals surface area contributed by atoms with Crippen LogP contribution in [0.15, 0.2) is 109 Å². The first kappa shape index (κ1) is 67.4. The van der Waals surface area contributed by atoms with E-state index in [4.69, 9.17) is 32.7 Å². The molecule has 0 fully saturated rings. The number of non-ortho nitro benzene ring substituents is 2. The number of hydrogen-bond acceptors (Lipinski definition) is 15. The molecule has 28 heteroatoms. The molecule has 0 bridgehead atoms. The molecule has 5 aromatic carbocycles. The van der Waals surface area contributed by atoms with Gasteiger partial charge in [-0.15, -0.1) is 0 Å². The zero-order chi connectivity index (χ0) is 61.1. The van der Waals surface area contributed by atoms with Gasteiger partial charge < -0.3 is 45.2 Å². The number of aliphatic hydroxyl groups excluding tert-OH is 3. The van der Waals surface area contributed by atoms with E-state index in [0.717, 1.165) is 35.6 Å². The molecule has 3 aliphatic heterocycles. The van der Waals surface area contributed by atoms with Crippen LogP contribution >= 0.6 is 23.2 Å². The molecule has 3 heterocycles. The van der Waals surface area contributed by atoms with Gasteiger partial charge in [-0.25, -0.2) is 9.59 Å². The van der Waals surface area contributed by atoms with Gasteiger partial charge in [-0.1, -0.05) is 77.8 Å². The number of nitro benzene ring substituents is 2. The summed E-state index contributed by atoms with van der Waals surface area (Å²) >= 11 is 12.3. The summed E-state index contributed by atoms with van der Waals surface area (Å²) in [7, 11) is 18.0. The fraction of sp³-hybridized carbons (Fsp3) is 0.370. The highest BCUT2D eigenvalue weighted by atomic mass is 35.5. The molecule has 3 atom stereocenters. The van der Waals surface area contributed by atoms with Crippen LogP contribution in [0.2, 0.25) is 10.0 Å². The molecular formula is C54H62B5Cl2N8O13. The number of carbonyl (C=O) groups excluding carboxylic acids is 4. The number of rotatable bonds is 7. The first-order valence-electron chi connectivity index (χ1n) is 25.5. The maximum absolute atomic E-state index is 13.4. The van der Waals surface area contributed by atoms with Gasteiger partial charge in [0.05, 0.1) is 76.0 Å². The van der Waals surface area contributed by atoms with Crippen molar-refractivity contribution in [2.24, 2.45) is 0 Å². The highest BCUT2D eigenvalue weighted by Gasteiger charge is 2.37. The Morgan fingerprint density at radius 1 is 0.634 bits per heavy atom. The van der Waals surface area contributed by atoms with Gasteiger partial charge in [0.15, 0.2) is 0 Å². The molecule has 4 amide bonds. The minimum atomic E-state index is -0.738. The first-order valence-corrected chi connectivity index (χ1v) is 26.2. The van der Waals surface area contributed by atoms with E-state index in [0.29, 0.717) is 30.9 Å². The molecule has 3 aliphatic rings. The SMILES string of the molecule is CC(C)(C)OC(=O)N1Cc2ccccc2N(C(=O)c2ccc([N+](=O)[O-])cc2Cl)C[C@H]1CO.CC(C)(C)OC(=O)N1Cc2ccccc2NC[C@H]1CO.O=C(c1ccc([N+](=O)[O-])cc1Cl)N1C[C@@H](CO)NCc2ccccc21.[B][B].[B][B][B]. The Bertz CT molecular complexity index is 3010. The predicted octanol–water partition coefficient (Wildman–Crippen LogP) is 6.67. The Morgan fingerprint density at radius 3 is 1.50 bits per heavy atom. The number of para-hydroxylation sites is 3. The fourth-order valence-electron chi connectivity index (χ4n) is 8.44. The van der Waals surface area contributed by atoms with Gasteiger partial charge in [0.1, 0.15) is 11.2 Å². The van der Waals surface area contributed by atoms with Crippen molar-refractivity contribution < 1.29 is 53.8 Å². The summed E-state index contributed by atoms with van der Waals surface area (Å²) in [5.41, 5.74) is 3.48. The van der Waals surface area contributed by atoms with Gasteiger partial charge in [0.25, 0.3) is 23.2 Å². The van der Waals surface area contributed by atoms with Crippen LogP contribution < -0.4 is 20.4 Å². The number of nitro groups is 2. The van der Waals surface area contributed by atoms with E-state index in [-0.39, 0.29) is 83.4 Å². The molecule has 0 spiro atoms. The van der Waals surface area contributed by atoms with Crippen LogP contribution in [0, 0.1) is 20.2 Å². The standard InChI is InChI=1S/C22H24ClN3O6.C17H16ClN3O4.C15H22N2O3.B3.B2/c1-22(2,3)32-21(29)24-11-14-6-4-5-7-19(14)25(12-16(24)13-27)20(28)17-9-8-15(26(30)31)10-18(17)23;18-15-7-13(21(24)25)5-6-14(15)17(23)20-9-12(10-22)19-8-11-3-1-2-4-16(11)20;1-15(2,3)20-14(19)17-9-11-6-4-5-7-13(11)16-8-12(17)10-18;1-3-2;1-2/h4-10,16,27H,11-13H2,1-3H3;1-7,12,19,22H,8-10H2;4-7,12,16,18H,8-10H2,1-3H3;;/t16-;2*12-;;/m000../s1. The van der Waals surface area contributed by atoms with Crippen LogP contribution in [0.4, 0.5) is 38.0 Å². The second kappa shape index (κ2) is 31.4. The van der Waals surface area contributed by atoms with Crippen molar-refractivity contribution in [2.45, 2.75) is 90.5 Å². The van der Waals surface area contributed by atoms with Crippen molar-refractivity contribution in [2.75, 3.05) is 54.6 Å². The number of anilines is 3. The fourth-order valence-corrected chi connectivity index (χ4v) is 8.95. The normalized spacial score (nSPS) is 16.3. The largest absolute Gasteiger partial charge is 0.444 e. The maximum Gasteiger partial charge on any atom is 0.410 e. The number of aliphatic hydroxyl groups is 3. The summed E-state index contributed by atoms with van der Waals surface area (Å²) in [6, 6.07) is 28.4. The number of hydrogen-bond donors (Lipinski definition) is 5. The van der Waals surface area contributed by atoms with E-state index >= 15 is 0 Å². The summed E-state index contributed by atoms with van der Waals surface area (Å²) in [6.07, 6.45) is -0.996. The van der Waals surface area contributed by atoms with Crippen LogP contribution in [-0.4, -0.2) is 166 Å². The summed E-state index contributed by atoms with van der Waals surface area (Å²) in [6.45, 7) is 12.0. The molecular weight excluding hydrogens is 1090 g/mol. The molecule has 9 radical (unpaired) electrons. The van der Waals surface area contributed by atoms with Crippen LogP contribution in [0.5, 0.6) is 0 Å². The molecule has 0 unspecified atom stereocenters. The summed E-state index contributed by atoms with van der Waals surface area (Å²) in [5.74, 6) is -0.865. The van der Waals surface area contributed by atoms with E-state index in [1.54, 1.807) is 54.8 Å². The zero-order valence-corrected chi connectivity index (χ0v) is 47.8. The highest BCUT2D eigenvalue weighted by Crippen LogP contribution is 2.33. The highest BCUT2D eigenvalue weighted by molar-refractivity contribution is 7.17. The van der Waals surface area contributed by atoms with E-state index in [2.05, 4.69) is 41.6 Å². The van der Waals surface area contributed by atoms with Gasteiger partial charge in [-0.2, -0.15) is 0 Å². The van der Waals surface area contributed by atoms with Crippen LogP contribution in [-0.2, 0) is 29.1 Å². The Labute approximate surface area is 492 Å². The van der Waals surface area contributed by atoms with Gasteiger partial charge in [-0.3, -0.25) is 39.6 Å². The lowest BCUT2D eigenvalue weighted by atomic mass is 9.40. The van der Waals surface area contributed by atoms with Crippen molar-refractivity contribution >= 4 is 114 Å². The Kier molecular flexibility index (Phi) is 25.8. The Balaban J connectivity index is 0.000000260. The number of fused-ring (bicyclic) bond motifs is 3. The molecule has 21 nitrogen and oxygen atoms in total. The monoisotopic (exact) mass is 1160 g/mol. The van der Waals surface area contributed by atoms with Crippen LogP contribution in [0.1, 0.15) is 78.9 Å². The van der Waals surface area contributed by atoms with Crippen molar-refractivity contribution in [3.05, 3.63) is 167 Å². The average Bonchev–Trinajstić information content (AvgIpc) is 3.89. The number of amides is 4. The van der Waals surface area contributed by atoms with Crippen LogP contribution in [0.3, 0.4) is 0 Å². The van der Waals surface area contributed by atoms with E-state index in [1.165, 1.54) is 40.1 Å². The van der Waals surface area contributed by atoms with Crippen molar-refractivity contribution in [3.8, 4) is 0 Å². The van der Waals surface area contributed by atoms with Crippen molar-refractivity contribution in [1.29, 1.82) is 0 Å². The molecule has 5 N–H and O–H groups in total. The second-order valence-corrected chi connectivity index (χ2v) is 21.1. The van der Waals surface area contributed by atoms with Crippen molar-refractivity contribution in [1.82, 2.24) is 15.1 Å². The molecule has 82 heavy (non-hydrogen) atoms. The number of ether oxygens (including phenoxy) is 2. The summed E-state index contributed by atoms with van der Waals surface area (Å²) in [4.78, 5) is 78.3. The number of nitrogens with one attached hydrogen (secondary N) is 2. The smallest absolute Gasteiger partial charge is 0.410 e. The lowest BCUT2D eigenvalue weighted by molar-refractivity contribution is -0.385. The molecule has 0 saturated carbocycles. The van der Waals surface area contributed by atoms with E-state index < -0.39 is 51.8 Å². The van der Waals surface area contributed by atoms with Crippen molar-refractivity contribution in [3.63, 3.8) is 0 Å². The quantitative estimate of drug-likeness (QED) is 0.0647. The third-order valence-corrected chi connectivity index (χ3v) is 12.9. The third-order valence-electron chi connectivity index (χ3n) is 12.2. The molecule has 5 aromatic rings. The number of nitrogens with zero attached hydrogens (tertiary/aromatic N) is 6. The minimum absolute atomic E-state index is 0.0150. The average molecular weight is 1160 g/mol. The number of benzene rings is 5. The lowest BCUT2D eigenvalue weighted by Crippen LogP contribution is -2.49. The molecule has 425 valence electrons. The van der Waals surface area contributed by atoms with Crippen LogP contribution in [0.25, 0.3) is 0 Å². The Hall–Kier alpha value is -7.08. The molecule has 0 aliphatic carbocycles. The predicted molar refractivity (Wildman–Crippen MR) is 319 cm³/mol.